The molecule has 3 aromatic carbocycles. The zero-order valence-corrected chi connectivity index (χ0v) is 24.6. The van der Waals surface area contributed by atoms with Crippen LogP contribution in [0.3, 0.4) is 0 Å². The molecule has 0 aromatic heterocycles. The van der Waals surface area contributed by atoms with Crippen LogP contribution in [0.15, 0.2) is 71.6 Å². The third-order valence-corrected chi connectivity index (χ3v) is 8.53. The van der Waals surface area contributed by atoms with Gasteiger partial charge >= 0.3 is 0 Å². The molecule has 3 aromatic rings. The number of hydrogen-bond donors (Lipinski definition) is 1. The van der Waals surface area contributed by atoms with Crippen molar-refractivity contribution in [3.8, 4) is 0 Å². The van der Waals surface area contributed by atoms with Crippen molar-refractivity contribution < 1.29 is 18.0 Å². The van der Waals surface area contributed by atoms with Gasteiger partial charge in [-0.3, -0.25) is 13.9 Å². The van der Waals surface area contributed by atoms with Crippen LogP contribution >= 0.6 is 11.6 Å². The predicted molar refractivity (Wildman–Crippen MR) is 156 cm³/mol. The Hall–Kier alpha value is -3.36. The van der Waals surface area contributed by atoms with Gasteiger partial charge in [-0.1, -0.05) is 66.0 Å². The molecule has 2 amide bonds. The zero-order valence-electron chi connectivity index (χ0n) is 23.1. The van der Waals surface area contributed by atoms with E-state index in [2.05, 4.69) is 5.32 Å². The first kappa shape index (κ1) is 30.2. The highest BCUT2D eigenvalue weighted by atomic mass is 35.5. The Morgan fingerprint density at radius 2 is 1.49 bits per heavy atom. The second-order valence-electron chi connectivity index (χ2n) is 9.58. The van der Waals surface area contributed by atoms with Gasteiger partial charge in [-0.15, -0.1) is 0 Å². The van der Waals surface area contributed by atoms with Crippen molar-refractivity contribution in [2.24, 2.45) is 0 Å². The summed E-state index contributed by atoms with van der Waals surface area (Å²) >= 11 is 6.17. The molecule has 1 atom stereocenters. The Morgan fingerprint density at radius 1 is 0.897 bits per heavy atom. The van der Waals surface area contributed by atoms with E-state index in [1.807, 2.05) is 52.0 Å². The number of benzene rings is 3. The van der Waals surface area contributed by atoms with Crippen molar-refractivity contribution >= 4 is 39.1 Å². The van der Waals surface area contributed by atoms with Gasteiger partial charge in [0.25, 0.3) is 10.0 Å². The molecule has 0 saturated carbocycles. The predicted octanol–water partition coefficient (Wildman–Crippen LogP) is 5.40. The average molecular weight is 570 g/mol. The summed E-state index contributed by atoms with van der Waals surface area (Å²) in [4.78, 5) is 28.6. The van der Waals surface area contributed by atoms with Crippen molar-refractivity contribution in [1.29, 1.82) is 0 Å². The van der Waals surface area contributed by atoms with Gasteiger partial charge in [-0.25, -0.2) is 8.42 Å². The molecule has 0 radical (unpaired) electrons. The Morgan fingerprint density at radius 3 is 2.03 bits per heavy atom. The molecular formula is C30H36ClN3O4S. The molecule has 0 fully saturated rings. The molecule has 1 N–H and O–H groups in total. The number of rotatable bonds is 11. The highest BCUT2D eigenvalue weighted by Gasteiger charge is 2.34. The third-order valence-electron chi connectivity index (χ3n) is 6.53. The standard InChI is InChI=1S/C30H36ClN3O4S/c1-6-27(30(36)32-7-2)33(19-24-12-8-21(3)9-13-24)29(35)20-34(28-17-14-25(31)18-23(28)5)39(37,38)26-15-10-22(4)11-16-26/h8-18,27H,6-7,19-20H2,1-5H3,(H,32,36)/t27-/m1/s1. The van der Waals surface area contributed by atoms with Gasteiger partial charge in [0, 0.05) is 18.1 Å². The molecule has 9 heteroatoms. The first-order valence-electron chi connectivity index (χ1n) is 13.0. The van der Waals surface area contributed by atoms with Gasteiger partial charge in [0.05, 0.1) is 10.6 Å². The lowest BCUT2D eigenvalue weighted by atomic mass is 10.1. The van der Waals surface area contributed by atoms with Crippen LogP contribution in [0.1, 0.15) is 42.5 Å². The van der Waals surface area contributed by atoms with Crippen molar-refractivity contribution in [2.75, 3.05) is 17.4 Å². The lowest BCUT2D eigenvalue weighted by molar-refractivity contribution is -0.140. The molecule has 7 nitrogen and oxygen atoms in total. The molecule has 0 unspecified atom stereocenters. The van der Waals surface area contributed by atoms with Gasteiger partial charge in [-0.05, 0) is 75.6 Å². The Bertz CT molecular complexity index is 1410. The van der Waals surface area contributed by atoms with Crippen LogP contribution in [0, 0.1) is 20.8 Å². The van der Waals surface area contributed by atoms with Gasteiger partial charge in [-0.2, -0.15) is 0 Å². The number of anilines is 1. The molecule has 0 aliphatic heterocycles. The maximum atomic E-state index is 14.0. The molecule has 0 saturated heterocycles. The normalized spacial score (nSPS) is 12.1. The Balaban J connectivity index is 2.09. The number of carbonyl (C=O) groups is 2. The fourth-order valence-electron chi connectivity index (χ4n) is 4.35. The van der Waals surface area contributed by atoms with E-state index < -0.39 is 28.5 Å². The largest absolute Gasteiger partial charge is 0.355 e. The lowest BCUT2D eigenvalue weighted by Crippen LogP contribution is -2.52. The summed E-state index contributed by atoms with van der Waals surface area (Å²) in [5.41, 5.74) is 3.77. The van der Waals surface area contributed by atoms with Gasteiger partial charge in [0.15, 0.2) is 0 Å². The van der Waals surface area contributed by atoms with E-state index in [0.29, 0.717) is 29.2 Å². The number of carbonyl (C=O) groups excluding carboxylic acids is 2. The van der Waals surface area contributed by atoms with Crippen LogP contribution in [0.2, 0.25) is 5.02 Å². The highest BCUT2D eigenvalue weighted by Crippen LogP contribution is 2.29. The minimum absolute atomic E-state index is 0.0658. The van der Waals surface area contributed by atoms with Crippen molar-refractivity contribution in [3.05, 3.63) is 94.0 Å². The number of hydrogen-bond acceptors (Lipinski definition) is 4. The van der Waals surface area contributed by atoms with Gasteiger partial charge in [0.2, 0.25) is 11.8 Å². The fourth-order valence-corrected chi connectivity index (χ4v) is 6.06. The lowest BCUT2D eigenvalue weighted by Gasteiger charge is -2.33. The first-order valence-corrected chi connectivity index (χ1v) is 14.8. The molecule has 0 bridgehead atoms. The number of aryl methyl sites for hydroxylation is 3. The smallest absolute Gasteiger partial charge is 0.264 e. The molecule has 39 heavy (non-hydrogen) atoms. The minimum atomic E-state index is -4.13. The van der Waals surface area contributed by atoms with Crippen LogP contribution in [-0.4, -0.2) is 44.3 Å². The van der Waals surface area contributed by atoms with E-state index in [0.717, 1.165) is 21.0 Å². The van der Waals surface area contributed by atoms with Crippen LogP contribution in [0.25, 0.3) is 0 Å². The quantitative estimate of drug-likeness (QED) is 0.335. The molecule has 0 spiro atoms. The Kier molecular flexibility index (Phi) is 10.2. The van der Waals surface area contributed by atoms with Crippen LogP contribution in [0.5, 0.6) is 0 Å². The number of nitrogens with one attached hydrogen (secondary N) is 1. The molecular weight excluding hydrogens is 534 g/mol. The van der Waals surface area contributed by atoms with E-state index in [-0.39, 0.29) is 17.3 Å². The van der Waals surface area contributed by atoms with Crippen molar-refractivity contribution in [2.45, 2.75) is 58.5 Å². The SMILES string of the molecule is CCNC(=O)[C@@H](CC)N(Cc1ccc(C)cc1)C(=O)CN(c1ccc(Cl)cc1C)S(=O)(=O)c1ccc(C)cc1. The summed E-state index contributed by atoms with van der Waals surface area (Å²) < 4.78 is 29.0. The van der Waals surface area contributed by atoms with Crippen molar-refractivity contribution in [1.82, 2.24) is 10.2 Å². The molecule has 0 aliphatic carbocycles. The summed E-state index contributed by atoms with van der Waals surface area (Å²) in [6.07, 6.45) is 0.369. The van der Waals surface area contributed by atoms with E-state index in [1.54, 1.807) is 37.3 Å². The second kappa shape index (κ2) is 13.1. The number of halogens is 1. The van der Waals surface area contributed by atoms with Gasteiger partial charge < -0.3 is 10.2 Å². The topological polar surface area (TPSA) is 86.8 Å². The van der Waals surface area contributed by atoms with E-state index in [1.165, 1.54) is 17.0 Å². The maximum absolute atomic E-state index is 14.0. The van der Waals surface area contributed by atoms with Crippen molar-refractivity contribution in [3.63, 3.8) is 0 Å². The number of nitrogens with zero attached hydrogens (tertiary/aromatic N) is 2. The summed E-state index contributed by atoms with van der Waals surface area (Å²) in [5.74, 6) is -0.769. The maximum Gasteiger partial charge on any atom is 0.264 e. The summed E-state index contributed by atoms with van der Waals surface area (Å²) in [6, 6.07) is 18.3. The molecule has 0 aliphatic rings. The van der Waals surface area contributed by atoms with Crippen LogP contribution in [-0.2, 0) is 26.2 Å². The van der Waals surface area contributed by atoms with Gasteiger partial charge in [0.1, 0.15) is 12.6 Å². The zero-order chi connectivity index (χ0) is 28.7. The third kappa shape index (κ3) is 7.40. The molecule has 208 valence electrons. The summed E-state index contributed by atoms with van der Waals surface area (Å²) in [6.45, 7) is 9.33. The summed E-state index contributed by atoms with van der Waals surface area (Å²) in [5, 5.41) is 3.27. The van der Waals surface area contributed by atoms with E-state index in [4.69, 9.17) is 11.6 Å². The van der Waals surface area contributed by atoms with E-state index in [9.17, 15) is 18.0 Å². The Labute approximate surface area is 236 Å². The molecule has 0 heterocycles. The molecule has 3 rings (SSSR count). The monoisotopic (exact) mass is 569 g/mol. The fraction of sp³-hybridized carbons (Fsp3) is 0.333. The number of likely N-dealkylation sites (N-methyl/N-ethyl adjacent to an activating group) is 1. The second-order valence-corrected chi connectivity index (χ2v) is 11.9. The van der Waals surface area contributed by atoms with Crippen LogP contribution < -0.4 is 9.62 Å². The average Bonchev–Trinajstić information content (AvgIpc) is 2.89. The highest BCUT2D eigenvalue weighted by molar-refractivity contribution is 7.92. The first-order chi connectivity index (χ1) is 18.5. The number of sulfonamides is 1. The van der Waals surface area contributed by atoms with Crippen LogP contribution in [0.4, 0.5) is 5.69 Å². The summed E-state index contributed by atoms with van der Waals surface area (Å²) in [7, 11) is -4.13. The number of amides is 2. The minimum Gasteiger partial charge on any atom is -0.355 e. The van der Waals surface area contributed by atoms with E-state index >= 15 is 0 Å².